The Balaban J connectivity index is 1.36. The standard InChI is InChI=1S/C30H38N2O11/c1-16-10-22(35)19-11-17-12-25(29(2,3)42-26(17)18(6-9-33)27(19)41-16)43-40-14-24(37)30(39,28(38)23(36)13-34)15-32-8-5-20-21(32)4-7-31-20/h4-5,7-8,10-11,23-25,28,31,33-34,36-39H,6,9,12-15H2,1-3H3/t23-,24+,25-,28-,30-/m1/s1. The molecule has 43 heavy (non-hydrogen) atoms. The third-order valence-corrected chi connectivity index (χ3v) is 8.13. The van der Waals surface area contributed by atoms with Gasteiger partial charge in [0.15, 0.2) is 5.43 Å². The van der Waals surface area contributed by atoms with Crippen LogP contribution in [0, 0.1) is 6.92 Å². The maximum absolute atomic E-state index is 12.8. The molecular formula is C30H38N2O11. The Labute approximate surface area is 246 Å². The number of hydrogen-bond donors (Lipinski definition) is 7. The number of aromatic nitrogens is 2. The Morgan fingerprint density at radius 1 is 1.21 bits per heavy atom. The first-order valence-electron chi connectivity index (χ1n) is 14.1. The predicted octanol–water partition coefficient (Wildman–Crippen LogP) is 0.456. The monoisotopic (exact) mass is 602 g/mol. The van der Waals surface area contributed by atoms with E-state index in [9.17, 15) is 35.4 Å². The molecule has 0 spiro atoms. The number of aromatic amines is 1. The van der Waals surface area contributed by atoms with E-state index in [2.05, 4.69) is 4.98 Å². The second kappa shape index (κ2) is 12.0. The van der Waals surface area contributed by atoms with Gasteiger partial charge in [-0.3, -0.25) is 4.79 Å². The molecule has 3 aromatic heterocycles. The highest BCUT2D eigenvalue weighted by atomic mass is 17.2. The van der Waals surface area contributed by atoms with Crippen molar-refractivity contribution in [3.05, 3.63) is 63.8 Å². The van der Waals surface area contributed by atoms with E-state index >= 15 is 0 Å². The summed E-state index contributed by atoms with van der Waals surface area (Å²) in [5, 5.41) is 63.0. The lowest BCUT2D eigenvalue weighted by Crippen LogP contribution is -2.61. The second-order valence-electron chi connectivity index (χ2n) is 11.6. The fraction of sp³-hybridized carbons (Fsp3) is 0.500. The highest BCUT2D eigenvalue weighted by molar-refractivity contribution is 5.84. The first-order valence-corrected chi connectivity index (χ1v) is 14.1. The van der Waals surface area contributed by atoms with E-state index in [1.54, 1.807) is 55.9 Å². The Morgan fingerprint density at radius 3 is 2.70 bits per heavy atom. The highest BCUT2D eigenvalue weighted by Gasteiger charge is 2.47. The summed E-state index contributed by atoms with van der Waals surface area (Å²) in [6.45, 7) is 3.22. The molecule has 0 saturated heterocycles. The van der Waals surface area contributed by atoms with E-state index < -0.39 is 48.8 Å². The van der Waals surface area contributed by atoms with Gasteiger partial charge in [-0.1, -0.05) is 0 Å². The summed E-state index contributed by atoms with van der Waals surface area (Å²) in [5.41, 5.74) is -0.553. The number of nitrogens with zero attached hydrogens (tertiary/aromatic N) is 1. The number of rotatable bonds is 12. The summed E-state index contributed by atoms with van der Waals surface area (Å²) >= 11 is 0. The molecule has 0 amide bonds. The van der Waals surface area contributed by atoms with E-state index in [4.69, 9.17) is 18.9 Å². The van der Waals surface area contributed by atoms with Crippen LogP contribution in [0.5, 0.6) is 5.75 Å². The van der Waals surface area contributed by atoms with Crippen molar-refractivity contribution in [3.63, 3.8) is 0 Å². The minimum absolute atomic E-state index is 0.188. The molecule has 0 radical (unpaired) electrons. The van der Waals surface area contributed by atoms with Crippen LogP contribution in [0.3, 0.4) is 0 Å². The van der Waals surface area contributed by atoms with Crippen molar-refractivity contribution in [2.45, 2.75) is 75.8 Å². The molecule has 7 N–H and O–H groups in total. The summed E-state index contributed by atoms with van der Waals surface area (Å²) in [6, 6.07) is 6.56. The zero-order chi connectivity index (χ0) is 31.1. The normalized spacial score (nSPS) is 20.0. The summed E-state index contributed by atoms with van der Waals surface area (Å²) < 4.78 is 13.8. The van der Waals surface area contributed by atoms with Gasteiger partial charge in [-0.2, -0.15) is 0 Å². The minimum Gasteiger partial charge on any atom is -0.484 e. The maximum atomic E-state index is 12.8. The van der Waals surface area contributed by atoms with Crippen LogP contribution in [-0.4, -0.2) is 95.6 Å². The van der Waals surface area contributed by atoms with E-state index in [0.717, 1.165) is 5.52 Å². The largest absolute Gasteiger partial charge is 0.484 e. The first kappa shape index (κ1) is 31.2. The average molecular weight is 603 g/mol. The number of hydrogen-bond acceptors (Lipinski definition) is 11. The van der Waals surface area contributed by atoms with Crippen molar-refractivity contribution in [1.82, 2.24) is 9.55 Å². The number of benzene rings is 1. The molecule has 0 unspecified atom stereocenters. The van der Waals surface area contributed by atoms with Crippen LogP contribution in [0.15, 0.2) is 45.9 Å². The van der Waals surface area contributed by atoms with Gasteiger partial charge >= 0.3 is 0 Å². The first-order chi connectivity index (χ1) is 20.4. The number of H-pyrrole nitrogens is 1. The molecule has 1 aromatic carbocycles. The van der Waals surface area contributed by atoms with Crippen molar-refractivity contribution in [1.29, 1.82) is 0 Å². The van der Waals surface area contributed by atoms with Gasteiger partial charge in [-0.15, -0.1) is 0 Å². The zero-order valence-electron chi connectivity index (χ0n) is 24.2. The lowest BCUT2D eigenvalue weighted by molar-refractivity contribution is -0.363. The van der Waals surface area contributed by atoms with Crippen molar-refractivity contribution in [2.24, 2.45) is 0 Å². The highest BCUT2D eigenvalue weighted by Crippen LogP contribution is 2.41. The molecule has 13 nitrogen and oxygen atoms in total. The Kier molecular flexibility index (Phi) is 8.71. The average Bonchev–Trinajstić information content (AvgIpc) is 3.58. The SMILES string of the molecule is Cc1cc(=O)c2cc3c(c(CCO)c2o1)OC(C)(C)[C@H](OOC[C@H](O)[C@](O)(Cn1ccc2[nH]ccc21)[C@H](O)[C@H](O)CO)C3. The summed E-state index contributed by atoms with van der Waals surface area (Å²) in [4.78, 5) is 26.9. The van der Waals surface area contributed by atoms with E-state index in [1.807, 2.05) is 0 Å². The van der Waals surface area contributed by atoms with Gasteiger partial charge in [0.25, 0.3) is 0 Å². The minimum atomic E-state index is -2.36. The molecule has 1 aliphatic heterocycles. The number of nitrogens with one attached hydrogen (secondary N) is 1. The number of ether oxygens (including phenoxy) is 1. The van der Waals surface area contributed by atoms with Gasteiger partial charge in [0.05, 0.1) is 29.6 Å². The topological polar surface area (TPSA) is 200 Å². The number of aliphatic hydroxyl groups excluding tert-OH is 5. The zero-order valence-corrected chi connectivity index (χ0v) is 24.2. The molecule has 5 rings (SSSR count). The fourth-order valence-electron chi connectivity index (χ4n) is 5.63. The molecule has 0 fully saturated rings. The molecule has 4 aromatic rings. The van der Waals surface area contributed by atoms with E-state index in [-0.39, 0.29) is 31.4 Å². The Hall–Kier alpha value is -3.27. The molecule has 0 bridgehead atoms. The quantitative estimate of drug-likeness (QED) is 0.0877. The van der Waals surface area contributed by atoms with E-state index in [1.165, 1.54) is 6.07 Å². The smallest absolute Gasteiger partial charge is 0.192 e. The van der Waals surface area contributed by atoms with Crippen molar-refractivity contribution in [2.75, 3.05) is 19.8 Å². The number of aryl methyl sites for hydroxylation is 1. The number of fused-ring (bicyclic) bond motifs is 3. The van der Waals surface area contributed by atoms with Crippen LogP contribution in [0.1, 0.15) is 30.7 Å². The molecule has 4 heterocycles. The number of aliphatic hydroxyl groups is 6. The van der Waals surface area contributed by atoms with Crippen molar-refractivity contribution < 1.29 is 49.6 Å². The van der Waals surface area contributed by atoms with Crippen LogP contribution in [0.2, 0.25) is 0 Å². The van der Waals surface area contributed by atoms with Gasteiger partial charge in [0.1, 0.15) is 59.3 Å². The van der Waals surface area contributed by atoms with E-state index in [0.29, 0.717) is 39.1 Å². The third kappa shape index (κ3) is 5.82. The summed E-state index contributed by atoms with van der Waals surface area (Å²) in [7, 11) is 0. The van der Waals surface area contributed by atoms with Crippen molar-refractivity contribution >= 4 is 22.0 Å². The summed E-state index contributed by atoms with van der Waals surface area (Å²) in [6.07, 6.45) is -2.42. The molecular weight excluding hydrogens is 564 g/mol. The van der Waals surface area contributed by atoms with Crippen LogP contribution in [0.4, 0.5) is 0 Å². The summed E-state index contributed by atoms with van der Waals surface area (Å²) in [5.74, 6) is 0.921. The van der Waals surface area contributed by atoms with Gasteiger partial charge in [0.2, 0.25) is 0 Å². The molecule has 1 aliphatic rings. The lowest BCUT2D eigenvalue weighted by Gasteiger charge is -2.41. The van der Waals surface area contributed by atoms with Gasteiger partial charge in [-0.25, -0.2) is 9.78 Å². The Bertz CT molecular complexity index is 1640. The van der Waals surface area contributed by atoms with Gasteiger partial charge in [-0.05, 0) is 44.5 Å². The van der Waals surface area contributed by atoms with Crippen molar-refractivity contribution in [3.8, 4) is 5.75 Å². The lowest BCUT2D eigenvalue weighted by atomic mass is 9.87. The Morgan fingerprint density at radius 2 is 1.98 bits per heavy atom. The molecule has 13 heteroatoms. The molecule has 5 atom stereocenters. The van der Waals surface area contributed by atoms with Crippen LogP contribution in [-0.2, 0) is 29.2 Å². The van der Waals surface area contributed by atoms with Crippen LogP contribution >= 0.6 is 0 Å². The van der Waals surface area contributed by atoms with Gasteiger partial charge in [0, 0.05) is 43.5 Å². The molecule has 0 aliphatic carbocycles. The van der Waals surface area contributed by atoms with Gasteiger partial charge < -0.3 is 49.3 Å². The maximum Gasteiger partial charge on any atom is 0.192 e. The van der Waals surface area contributed by atoms with Crippen LogP contribution in [0.25, 0.3) is 22.0 Å². The molecule has 234 valence electrons. The molecule has 0 saturated carbocycles. The van der Waals surface area contributed by atoms with Crippen LogP contribution < -0.4 is 10.2 Å². The predicted molar refractivity (Wildman–Crippen MR) is 154 cm³/mol. The third-order valence-electron chi connectivity index (χ3n) is 8.13. The fourth-order valence-corrected chi connectivity index (χ4v) is 5.63. The second-order valence-corrected chi connectivity index (χ2v) is 11.6.